The number of aryl methyl sites for hydroxylation is 1. The fourth-order valence-corrected chi connectivity index (χ4v) is 4.87. The molecule has 38 heavy (non-hydrogen) atoms. The molecule has 0 radical (unpaired) electrons. The molecule has 6 heteroatoms. The van der Waals surface area contributed by atoms with E-state index in [0.717, 1.165) is 19.3 Å². The monoisotopic (exact) mass is 526 g/mol. The van der Waals surface area contributed by atoms with Crippen LogP contribution >= 0.6 is 0 Å². The molecule has 3 aromatic carbocycles. The Morgan fingerprint density at radius 3 is 1.87 bits per heavy atom. The third-order valence-electron chi connectivity index (χ3n) is 7.14. The Bertz CT molecular complexity index is 1230. The topological polar surface area (TPSA) is 18.5 Å². The maximum absolute atomic E-state index is 15.0. The Labute approximate surface area is 222 Å². The van der Waals surface area contributed by atoms with Gasteiger partial charge in [-0.05, 0) is 41.2 Å². The number of hydrogen-bond acceptors (Lipinski definition) is 2. The molecule has 0 aliphatic carbocycles. The van der Waals surface area contributed by atoms with Crippen LogP contribution in [0.5, 0.6) is 0 Å². The van der Waals surface area contributed by atoms with E-state index >= 15 is 4.39 Å². The molecule has 1 heterocycles. The highest BCUT2D eigenvalue weighted by Crippen LogP contribution is 2.34. The normalized spacial score (nSPS) is 17.5. The molecule has 2 nitrogen and oxygen atoms in total. The van der Waals surface area contributed by atoms with Crippen LogP contribution < -0.4 is 0 Å². The van der Waals surface area contributed by atoms with Gasteiger partial charge < -0.3 is 9.47 Å². The first-order valence-electron chi connectivity index (χ1n) is 13.4. The van der Waals surface area contributed by atoms with Gasteiger partial charge in [-0.15, -0.1) is 0 Å². The van der Waals surface area contributed by atoms with Crippen molar-refractivity contribution in [3.05, 3.63) is 95.6 Å². The number of unbranched alkanes of at least 4 members (excludes halogenated alkanes) is 5. The van der Waals surface area contributed by atoms with Crippen LogP contribution in [-0.4, -0.2) is 19.5 Å². The van der Waals surface area contributed by atoms with Crippen molar-refractivity contribution in [2.24, 2.45) is 0 Å². The minimum absolute atomic E-state index is 0.0837. The van der Waals surface area contributed by atoms with Gasteiger partial charge in [0.05, 0.1) is 13.2 Å². The minimum atomic E-state index is -0.975. The van der Waals surface area contributed by atoms with Crippen molar-refractivity contribution in [2.45, 2.75) is 64.1 Å². The van der Waals surface area contributed by atoms with Crippen LogP contribution in [0.3, 0.4) is 0 Å². The van der Waals surface area contributed by atoms with Gasteiger partial charge in [0.1, 0.15) is 0 Å². The standard InChI is InChI=1S/C32H34F4O2/c1-3-5-6-7-8-9-10-23-15-16-25(30(34)29(23)33)21-11-13-22(14-12-21)26-17-18-27(32(36)31(26)35)24-19-37-28(4-2)38-20-24/h4,11-18,24,28H,2-3,5-10,19-20H2,1H3. The average molecular weight is 527 g/mol. The third-order valence-corrected chi connectivity index (χ3v) is 7.14. The van der Waals surface area contributed by atoms with Crippen LogP contribution in [0.2, 0.25) is 0 Å². The van der Waals surface area contributed by atoms with Crippen molar-refractivity contribution < 1.29 is 27.0 Å². The molecule has 0 saturated carbocycles. The first-order valence-corrected chi connectivity index (χ1v) is 13.4. The third kappa shape index (κ3) is 6.36. The van der Waals surface area contributed by atoms with Gasteiger partial charge in [0.2, 0.25) is 0 Å². The van der Waals surface area contributed by atoms with Crippen molar-refractivity contribution in [1.29, 1.82) is 0 Å². The van der Waals surface area contributed by atoms with E-state index in [4.69, 9.17) is 9.47 Å². The zero-order valence-corrected chi connectivity index (χ0v) is 21.8. The lowest BCUT2D eigenvalue weighted by atomic mass is 9.94. The Balaban J connectivity index is 1.46. The van der Waals surface area contributed by atoms with Crippen LogP contribution in [0.25, 0.3) is 22.3 Å². The van der Waals surface area contributed by atoms with Crippen molar-refractivity contribution >= 4 is 0 Å². The van der Waals surface area contributed by atoms with Gasteiger partial charge >= 0.3 is 0 Å². The molecule has 3 aromatic rings. The van der Waals surface area contributed by atoms with Crippen molar-refractivity contribution in [3.8, 4) is 22.3 Å². The van der Waals surface area contributed by atoms with Gasteiger partial charge in [-0.1, -0.05) is 94.1 Å². The SMILES string of the molecule is C=CC1OCC(c2ccc(-c3ccc(-c4ccc(CCCCCCCC)c(F)c4F)cc3)c(F)c2F)CO1. The summed E-state index contributed by atoms with van der Waals surface area (Å²) >= 11 is 0. The highest BCUT2D eigenvalue weighted by molar-refractivity contribution is 5.71. The van der Waals surface area contributed by atoms with Crippen LogP contribution in [0.15, 0.2) is 61.2 Å². The number of halogens is 4. The molecule has 1 aliphatic heterocycles. The van der Waals surface area contributed by atoms with E-state index in [9.17, 15) is 13.2 Å². The molecule has 0 atom stereocenters. The molecule has 4 rings (SSSR count). The molecule has 0 amide bonds. The van der Waals surface area contributed by atoms with E-state index in [1.54, 1.807) is 36.4 Å². The summed E-state index contributed by atoms with van der Waals surface area (Å²) < 4.78 is 70.6. The van der Waals surface area contributed by atoms with Gasteiger partial charge in [-0.25, -0.2) is 17.6 Å². The molecule has 202 valence electrons. The van der Waals surface area contributed by atoms with Crippen LogP contribution in [0.1, 0.15) is 62.5 Å². The van der Waals surface area contributed by atoms with E-state index in [-0.39, 0.29) is 29.9 Å². The summed E-state index contributed by atoms with van der Waals surface area (Å²) in [6, 6.07) is 12.6. The molecule has 1 aliphatic rings. The summed E-state index contributed by atoms with van der Waals surface area (Å²) in [7, 11) is 0. The molecular weight excluding hydrogens is 492 g/mol. The fraction of sp³-hybridized carbons (Fsp3) is 0.375. The summed E-state index contributed by atoms with van der Waals surface area (Å²) in [5, 5.41) is 0. The largest absolute Gasteiger partial charge is 0.348 e. The summed E-state index contributed by atoms with van der Waals surface area (Å²) in [4.78, 5) is 0. The molecule has 0 spiro atoms. The highest BCUT2D eigenvalue weighted by Gasteiger charge is 2.26. The van der Waals surface area contributed by atoms with Gasteiger partial charge in [0.25, 0.3) is 0 Å². The number of benzene rings is 3. The quantitative estimate of drug-likeness (QED) is 0.141. The van der Waals surface area contributed by atoms with E-state index in [2.05, 4.69) is 13.5 Å². The Morgan fingerprint density at radius 1 is 0.711 bits per heavy atom. The number of rotatable bonds is 11. The Morgan fingerprint density at radius 2 is 1.26 bits per heavy atom. The molecule has 0 aromatic heterocycles. The number of hydrogen-bond donors (Lipinski definition) is 0. The highest BCUT2D eigenvalue weighted by atomic mass is 19.2. The minimum Gasteiger partial charge on any atom is -0.348 e. The zero-order chi connectivity index (χ0) is 27.1. The van der Waals surface area contributed by atoms with E-state index in [0.29, 0.717) is 23.1 Å². The summed E-state index contributed by atoms with van der Waals surface area (Å²) in [5.74, 6) is -4.07. The maximum atomic E-state index is 15.0. The first kappa shape index (κ1) is 28.1. The van der Waals surface area contributed by atoms with Crippen molar-refractivity contribution in [3.63, 3.8) is 0 Å². The molecule has 0 unspecified atom stereocenters. The van der Waals surface area contributed by atoms with Crippen LogP contribution in [-0.2, 0) is 15.9 Å². The average Bonchev–Trinajstić information content (AvgIpc) is 2.94. The van der Waals surface area contributed by atoms with Gasteiger partial charge in [-0.3, -0.25) is 0 Å². The molecular formula is C32H34F4O2. The lowest BCUT2D eigenvalue weighted by molar-refractivity contribution is -0.159. The van der Waals surface area contributed by atoms with E-state index < -0.39 is 35.5 Å². The Hall–Kier alpha value is -2.96. The van der Waals surface area contributed by atoms with Crippen molar-refractivity contribution in [1.82, 2.24) is 0 Å². The molecule has 1 fully saturated rings. The second-order valence-electron chi connectivity index (χ2n) is 9.79. The van der Waals surface area contributed by atoms with Gasteiger partial charge in [0.15, 0.2) is 29.6 Å². The maximum Gasteiger partial charge on any atom is 0.176 e. The molecule has 1 saturated heterocycles. The smallest absolute Gasteiger partial charge is 0.176 e. The Kier molecular flexibility index (Phi) is 9.75. The van der Waals surface area contributed by atoms with E-state index in [1.807, 2.05) is 0 Å². The predicted molar refractivity (Wildman–Crippen MR) is 143 cm³/mol. The predicted octanol–water partition coefficient (Wildman–Crippen LogP) is 9.12. The van der Waals surface area contributed by atoms with E-state index in [1.165, 1.54) is 37.5 Å². The first-order chi connectivity index (χ1) is 18.4. The fourth-order valence-electron chi connectivity index (χ4n) is 4.87. The zero-order valence-electron chi connectivity index (χ0n) is 21.8. The summed E-state index contributed by atoms with van der Waals surface area (Å²) in [6.07, 6.45) is 7.93. The van der Waals surface area contributed by atoms with Gasteiger partial charge in [-0.2, -0.15) is 0 Å². The molecule has 0 N–H and O–H groups in total. The summed E-state index contributed by atoms with van der Waals surface area (Å²) in [6.45, 7) is 6.14. The van der Waals surface area contributed by atoms with Crippen LogP contribution in [0, 0.1) is 23.3 Å². The van der Waals surface area contributed by atoms with Crippen molar-refractivity contribution in [2.75, 3.05) is 13.2 Å². The lowest BCUT2D eigenvalue weighted by Crippen LogP contribution is -2.30. The second-order valence-corrected chi connectivity index (χ2v) is 9.79. The second kappa shape index (κ2) is 13.2. The lowest BCUT2D eigenvalue weighted by Gasteiger charge is -2.28. The number of ether oxygens (including phenoxy) is 2. The summed E-state index contributed by atoms with van der Waals surface area (Å²) in [5.41, 5.74) is 1.68. The van der Waals surface area contributed by atoms with Gasteiger partial charge in [0, 0.05) is 17.0 Å². The molecule has 0 bridgehead atoms. The van der Waals surface area contributed by atoms with Crippen LogP contribution in [0.4, 0.5) is 17.6 Å².